The molecule has 2 nitrogen and oxygen atoms in total. The summed E-state index contributed by atoms with van der Waals surface area (Å²) in [6.07, 6.45) is 0. The molecule has 0 N–H and O–H groups in total. The van der Waals surface area contributed by atoms with Crippen molar-refractivity contribution in [2.75, 3.05) is 4.90 Å². The first-order valence-electron chi connectivity index (χ1n) is 18.9. The molecule has 10 aromatic rings. The van der Waals surface area contributed by atoms with Crippen LogP contribution in [0, 0.1) is 0 Å². The highest BCUT2D eigenvalue weighted by Gasteiger charge is 2.57. The summed E-state index contributed by atoms with van der Waals surface area (Å²) < 4.78 is 6.75. The third-order valence-corrected chi connectivity index (χ3v) is 12.7. The Morgan fingerprint density at radius 2 is 1.13 bits per heavy atom. The number of para-hydroxylation sites is 1. The van der Waals surface area contributed by atoms with Crippen molar-refractivity contribution in [2.45, 2.75) is 11.3 Å². The van der Waals surface area contributed by atoms with Gasteiger partial charge in [0.2, 0.25) is 0 Å². The lowest BCUT2D eigenvalue weighted by atomic mass is 9.49. The van der Waals surface area contributed by atoms with Crippen LogP contribution in [0.2, 0.25) is 0 Å². The molecule has 2 atom stereocenters. The van der Waals surface area contributed by atoms with Crippen LogP contribution in [0.3, 0.4) is 0 Å². The molecule has 250 valence electrons. The summed E-state index contributed by atoms with van der Waals surface area (Å²) in [6, 6.07) is 67.7. The first-order valence-corrected chi connectivity index (χ1v) is 18.9. The van der Waals surface area contributed by atoms with Gasteiger partial charge in [-0.15, -0.1) is 0 Å². The quantitative estimate of drug-likeness (QED) is 0.180. The highest BCUT2D eigenvalue weighted by atomic mass is 16.3. The van der Waals surface area contributed by atoms with Crippen LogP contribution in [-0.2, 0) is 5.41 Å². The van der Waals surface area contributed by atoms with Crippen molar-refractivity contribution in [1.29, 1.82) is 0 Å². The minimum atomic E-state index is -0.546. The van der Waals surface area contributed by atoms with Crippen LogP contribution >= 0.6 is 0 Å². The van der Waals surface area contributed by atoms with E-state index in [9.17, 15) is 0 Å². The lowest BCUT2D eigenvalue weighted by Gasteiger charge is -2.55. The van der Waals surface area contributed by atoms with Gasteiger partial charge in [0.25, 0.3) is 0 Å². The number of furan rings is 1. The van der Waals surface area contributed by atoms with Crippen molar-refractivity contribution in [3.8, 4) is 11.1 Å². The second-order valence-corrected chi connectivity index (χ2v) is 15.1. The molecule has 4 aliphatic rings. The van der Waals surface area contributed by atoms with Crippen LogP contribution < -0.4 is 4.90 Å². The standard InChI is InChI=1S/C52H31NO/c1-2-13-31(14-3-1)34-25-26-45(36-18-7-6-17-35(34)36)53-46-23-12-21-39-50-38-20-8-10-22-42(38)52(51(39)46,43-28-33-16-5-4-15-32(33)27-41(43)50)44-30-49-40(29-47(44)53)37-19-9-11-24-48(37)54-49/h1-30,50H. The van der Waals surface area contributed by atoms with E-state index in [1.54, 1.807) is 0 Å². The molecule has 1 aromatic heterocycles. The lowest BCUT2D eigenvalue weighted by molar-refractivity contribution is 0.620. The second-order valence-electron chi connectivity index (χ2n) is 15.1. The molecule has 2 bridgehead atoms. The van der Waals surface area contributed by atoms with Gasteiger partial charge in [-0.2, -0.15) is 0 Å². The van der Waals surface area contributed by atoms with Crippen molar-refractivity contribution in [3.63, 3.8) is 0 Å². The Labute approximate surface area is 312 Å². The fraction of sp³-hybridized carbons (Fsp3) is 0.0385. The number of benzene rings is 9. The van der Waals surface area contributed by atoms with Crippen LogP contribution in [0.5, 0.6) is 0 Å². The Bertz CT molecular complexity index is 3240. The SMILES string of the molecule is c1ccc(-c2ccc(N3c4cc5c(cc4C46c7ccccc7C(c7cc8ccccc8cc74)c4cccc3c46)oc3ccccc35)c3ccccc23)cc1. The van der Waals surface area contributed by atoms with Gasteiger partial charge in [-0.3, -0.25) is 0 Å². The van der Waals surface area contributed by atoms with Crippen LogP contribution in [0.1, 0.15) is 44.9 Å². The first kappa shape index (κ1) is 28.7. The molecule has 0 fully saturated rings. The number of hydrogen-bond donors (Lipinski definition) is 0. The predicted molar refractivity (Wildman–Crippen MR) is 222 cm³/mol. The maximum absolute atomic E-state index is 6.75. The van der Waals surface area contributed by atoms with Gasteiger partial charge in [-0.05, 0) is 109 Å². The normalized spacial score (nSPS) is 17.5. The zero-order valence-electron chi connectivity index (χ0n) is 29.3. The molecule has 2 unspecified atom stereocenters. The summed E-state index contributed by atoms with van der Waals surface area (Å²) in [4.78, 5) is 2.57. The van der Waals surface area contributed by atoms with E-state index in [2.05, 4.69) is 187 Å². The van der Waals surface area contributed by atoms with Gasteiger partial charge in [-0.1, -0.05) is 140 Å². The Balaban J connectivity index is 1.21. The van der Waals surface area contributed by atoms with Crippen molar-refractivity contribution < 1.29 is 4.42 Å². The lowest BCUT2D eigenvalue weighted by Crippen LogP contribution is -2.46. The summed E-state index contributed by atoms with van der Waals surface area (Å²) in [5.74, 6) is 0.133. The predicted octanol–water partition coefficient (Wildman–Crippen LogP) is 13.5. The van der Waals surface area contributed by atoms with Gasteiger partial charge in [0, 0.05) is 22.1 Å². The monoisotopic (exact) mass is 685 g/mol. The second kappa shape index (κ2) is 10.2. The highest BCUT2D eigenvalue weighted by Crippen LogP contribution is 2.69. The molecule has 9 aromatic carbocycles. The summed E-state index contributed by atoms with van der Waals surface area (Å²) in [5.41, 5.74) is 16.9. The topological polar surface area (TPSA) is 16.4 Å². The average Bonchev–Trinajstić information content (AvgIpc) is 3.60. The van der Waals surface area contributed by atoms with E-state index < -0.39 is 5.41 Å². The fourth-order valence-corrected chi connectivity index (χ4v) is 10.6. The fourth-order valence-electron chi connectivity index (χ4n) is 10.6. The van der Waals surface area contributed by atoms with Gasteiger partial charge < -0.3 is 9.32 Å². The molecule has 0 amide bonds. The van der Waals surface area contributed by atoms with Crippen LogP contribution in [0.4, 0.5) is 17.1 Å². The molecule has 3 aliphatic carbocycles. The molecule has 0 radical (unpaired) electrons. The van der Waals surface area contributed by atoms with Crippen molar-refractivity contribution in [3.05, 3.63) is 221 Å². The van der Waals surface area contributed by atoms with E-state index in [1.165, 1.54) is 88.7 Å². The maximum atomic E-state index is 6.75. The molecule has 2 heteroatoms. The Morgan fingerprint density at radius 3 is 2.02 bits per heavy atom. The first-order chi connectivity index (χ1) is 26.8. The third-order valence-electron chi connectivity index (χ3n) is 12.7. The zero-order chi connectivity index (χ0) is 35.1. The minimum absolute atomic E-state index is 0.133. The van der Waals surface area contributed by atoms with E-state index >= 15 is 0 Å². The number of nitrogens with zero attached hydrogens (tertiary/aromatic N) is 1. The summed E-state index contributed by atoms with van der Waals surface area (Å²) in [5, 5.41) is 7.29. The van der Waals surface area contributed by atoms with Crippen LogP contribution in [-0.4, -0.2) is 0 Å². The highest BCUT2D eigenvalue weighted by molar-refractivity contribution is 6.12. The van der Waals surface area contributed by atoms with Crippen LogP contribution in [0.25, 0.3) is 54.6 Å². The number of hydrogen-bond acceptors (Lipinski definition) is 2. The van der Waals surface area contributed by atoms with E-state index in [1.807, 2.05) is 0 Å². The van der Waals surface area contributed by atoms with Gasteiger partial charge in [-0.25, -0.2) is 0 Å². The zero-order valence-corrected chi connectivity index (χ0v) is 29.3. The minimum Gasteiger partial charge on any atom is -0.456 e. The van der Waals surface area contributed by atoms with Gasteiger partial charge in [0.15, 0.2) is 0 Å². The summed E-state index contributed by atoms with van der Waals surface area (Å²) in [7, 11) is 0. The van der Waals surface area contributed by atoms with E-state index in [-0.39, 0.29) is 5.92 Å². The molecule has 0 saturated carbocycles. The van der Waals surface area contributed by atoms with E-state index in [0.29, 0.717) is 0 Å². The van der Waals surface area contributed by atoms with E-state index in [0.717, 1.165) is 21.9 Å². The molecule has 54 heavy (non-hydrogen) atoms. The van der Waals surface area contributed by atoms with Crippen molar-refractivity contribution in [1.82, 2.24) is 0 Å². The van der Waals surface area contributed by atoms with Crippen molar-refractivity contribution in [2.24, 2.45) is 0 Å². The largest absolute Gasteiger partial charge is 0.456 e. The number of rotatable bonds is 2. The molecular weight excluding hydrogens is 655 g/mol. The molecule has 14 rings (SSSR count). The number of anilines is 3. The molecular formula is C52H31NO. The molecule has 2 heterocycles. The maximum Gasteiger partial charge on any atom is 0.135 e. The van der Waals surface area contributed by atoms with Gasteiger partial charge in [0.05, 0.1) is 22.5 Å². The Kier molecular flexibility index (Phi) is 5.39. The smallest absolute Gasteiger partial charge is 0.135 e. The Hall–Kier alpha value is -6.90. The van der Waals surface area contributed by atoms with Crippen molar-refractivity contribution >= 4 is 60.5 Å². The molecule has 1 spiro atoms. The summed E-state index contributed by atoms with van der Waals surface area (Å²) in [6.45, 7) is 0. The number of fused-ring (bicyclic) bond motifs is 6. The third kappa shape index (κ3) is 3.42. The van der Waals surface area contributed by atoms with Crippen LogP contribution in [0.15, 0.2) is 186 Å². The van der Waals surface area contributed by atoms with Gasteiger partial charge in [0.1, 0.15) is 11.2 Å². The van der Waals surface area contributed by atoms with E-state index in [4.69, 9.17) is 4.42 Å². The Morgan fingerprint density at radius 1 is 0.407 bits per heavy atom. The van der Waals surface area contributed by atoms with Gasteiger partial charge >= 0.3 is 0 Å². The molecule has 1 aliphatic heterocycles. The summed E-state index contributed by atoms with van der Waals surface area (Å²) >= 11 is 0. The molecule has 0 saturated heterocycles. The average molecular weight is 686 g/mol.